The number of thioether (sulfide) groups is 2. The highest BCUT2D eigenvalue weighted by molar-refractivity contribution is 8.06. The Bertz CT molecular complexity index is 349. The van der Waals surface area contributed by atoms with Gasteiger partial charge < -0.3 is 10.1 Å². The van der Waals surface area contributed by atoms with Crippen molar-refractivity contribution in [1.82, 2.24) is 5.32 Å². The minimum Gasteiger partial charge on any atom is -0.497 e. The van der Waals surface area contributed by atoms with Crippen molar-refractivity contribution < 1.29 is 4.74 Å². The molecule has 2 nitrogen and oxygen atoms in total. The number of rotatable bonds is 5. The van der Waals surface area contributed by atoms with Gasteiger partial charge in [-0.3, -0.25) is 0 Å². The van der Waals surface area contributed by atoms with Crippen LogP contribution in [0.4, 0.5) is 0 Å². The van der Waals surface area contributed by atoms with Crippen molar-refractivity contribution in [3.8, 4) is 5.75 Å². The average Bonchev–Trinajstić information content (AvgIpc) is 2.46. The largest absolute Gasteiger partial charge is 0.497 e. The molecular weight excluding hydrogens is 262 g/mol. The molecule has 1 aliphatic heterocycles. The van der Waals surface area contributed by atoms with Crippen LogP contribution in [0, 0.1) is 0 Å². The Hall–Kier alpha value is -0.320. The second kappa shape index (κ2) is 7.31. The van der Waals surface area contributed by atoms with Crippen molar-refractivity contribution in [2.45, 2.75) is 18.2 Å². The van der Waals surface area contributed by atoms with Gasteiger partial charge in [-0.2, -0.15) is 23.5 Å². The first kappa shape index (κ1) is 14.1. The number of nitrogens with one attached hydrogen (secondary N) is 1. The van der Waals surface area contributed by atoms with Crippen LogP contribution < -0.4 is 10.1 Å². The van der Waals surface area contributed by atoms with E-state index in [-0.39, 0.29) is 0 Å². The molecule has 1 aromatic carbocycles. The van der Waals surface area contributed by atoms with Crippen LogP contribution in [-0.2, 0) is 0 Å². The molecule has 1 heterocycles. The number of benzene rings is 1. The topological polar surface area (TPSA) is 21.3 Å². The van der Waals surface area contributed by atoms with Crippen molar-refractivity contribution >= 4 is 23.5 Å². The first-order valence-electron chi connectivity index (χ1n) is 6.42. The third kappa shape index (κ3) is 3.59. The summed E-state index contributed by atoms with van der Waals surface area (Å²) in [7, 11) is 1.71. The normalized spacial score (nSPS) is 21.6. The van der Waals surface area contributed by atoms with Crippen LogP contribution in [0.2, 0.25) is 0 Å². The van der Waals surface area contributed by atoms with E-state index in [0.29, 0.717) is 11.3 Å². The van der Waals surface area contributed by atoms with Crippen molar-refractivity contribution in [3.63, 3.8) is 0 Å². The quantitative estimate of drug-likeness (QED) is 0.895. The van der Waals surface area contributed by atoms with E-state index in [4.69, 9.17) is 4.74 Å². The first-order valence-corrected chi connectivity index (χ1v) is 8.62. The molecule has 18 heavy (non-hydrogen) atoms. The molecule has 1 saturated heterocycles. The molecule has 1 fully saturated rings. The number of methoxy groups -OCH3 is 1. The second-order valence-electron chi connectivity index (χ2n) is 4.29. The molecule has 2 atom stereocenters. The third-order valence-electron chi connectivity index (χ3n) is 3.11. The van der Waals surface area contributed by atoms with E-state index >= 15 is 0 Å². The van der Waals surface area contributed by atoms with Gasteiger partial charge in [0.25, 0.3) is 0 Å². The predicted octanol–water partition coefficient (Wildman–Crippen LogP) is 3.19. The molecule has 0 radical (unpaired) electrons. The van der Waals surface area contributed by atoms with Gasteiger partial charge in [-0.15, -0.1) is 0 Å². The van der Waals surface area contributed by atoms with Crippen molar-refractivity contribution in [1.29, 1.82) is 0 Å². The van der Waals surface area contributed by atoms with Crippen molar-refractivity contribution in [2.75, 3.05) is 30.9 Å². The lowest BCUT2D eigenvalue weighted by Crippen LogP contribution is -2.33. The molecule has 1 aromatic rings. The molecule has 2 rings (SSSR count). The average molecular weight is 283 g/mol. The highest BCUT2D eigenvalue weighted by Gasteiger charge is 2.25. The predicted molar refractivity (Wildman–Crippen MR) is 83.0 cm³/mol. The van der Waals surface area contributed by atoms with Crippen LogP contribution in [0.1, 0.15) is 18.5 Å². The van der Waals surface area contributed by atoms with Crippen LogP contribution in [0.5, 0.6) is 5.75 Å². The summed E-state index contributed by atoms with van der Waals surface area (Å²) in [4.78, 5) is 0. The van der Waals surface area contributed by atoms with Crippen LogP contribution in [0.15, 0.2) is 24.3 Å². The number of ether oxygens (including phenoxy) is 1. The van der Waals surface area contributed by atoms with Crippen LogP contribution in [0.3, 0.4) is 0 Å². The molecule has 4 heteroatoms. The van der Waals surface area contributed by atoms with Gasteiger partial charge in [0.1, 0.15) is 5.75 Å². The minimum atomic E-state index is 0.457. The SMILES string of the molecule is CCNC(c1ccc(OC)cc1)C1CSCCS1. The summed E-state index contributed by atoms with van der Waals surface area (Å²) in [6.45, 7) is 3.19. The van der Waals surface area contributed by atoms with Gasteiger partial charge in [-0.1, -0.05) is 19.1 Å². The summed E-state index contributed by atoms with van der Waals surface area (Å²) >= 11 is 4.18. The molecule has 1 aliphatic rings. The molecule has 100 valence electrons. The van der Waals surface area contributed by atoms with E-state index in [0.717, 1.165) is 12.3 Å². The van der Waals surface area contributed by atoms with Gasteiger partial charge in [0, 0.05) is 28.6 Å². The van der Waals surface area contributed by atoms with E-state index in [2.05, 4.69) is 60.0 Å². The van der Waals surface area contributed by atoms with Crippen LogP contribution in [-0.4, -0.2) is 36.2 Å². The first-order chi connectivity index (χ1) is 8.85. The maximum Gasteiger partial charge on any atom is 0.118 e. The van der Waals surface area contributed by atoms with Gasteiger partial charge in [-0.25, -0.2) is 0 Å². The molecule has 0 aliphatic carbocycles. The summed E-state index contributed by atoms with van der Waals surface area (Å²) < 4.78 is 5.22. The molecule has 0 saturated carbocycles. The van der Waals surface area contributed by atoms with E-state index < -0.39 is 0 Å². The monoisotopic (exact) mass is 283 g/mol. The van der Waals surface area contributed by atoms with E-state index in [9.17, 15) is 0 Å². The third-order valence-corrected chi connectivity index (χ3v) is 5.98. The molecular formula is C14H21NOS2. The van der Waals surface area contributed by atoms with E-state index in [1.165, 1.54) is 22.8 Å². The van der Waals surface area contributed by atoms with Gasteiger partial charge in [-0.05, 0) is 24.2 Å². The smallest absolute Gasteiger partial charge is 0.118 e. The summed E-state index contributed by atoms with van der Waals surface area (Å²) in [5.41, 5.74) is 1.37. The highest BCUT2D eigenvalue weighted by Crippen LogP contribution is 2.34. The van der Waals surface area contributed by atoms with Crippen molar-refractivity contribution in [3.05, 3.63) is 29.8 Å². The molecule has 1 N–H and O–H groups in total. The fourth-order valence-corrected chi connectivity index (χ4v) is 5.06. The highest BCUT2D eigenvalue weighted by atomic mass is 32.2. The molecule has 0 bridgehead atoms. The Labute approximate surface area is 118 Å². The summed E-state index contributed by atoms with van der Waals surface area (Å²) in [5.74, 6) is 4.74. The zero-order valence-electron chi connectivity index (χ0n) is 11.0. The Morgan fingerprint density at radius 1 is 1.33 bits per heavy atom. The van der Waals surface area contributed by atoms with Crippen molar-refractivity contribution in [2.24, 2.45) is 0 Å². The summed E-state index contributed by atoms with van der Waals surface area (Å²) in [6, 6.07) is 8.94. The fraction of sp³-hybridized carbons (Fsp3) is 0.571. The zero-order chi connectivity index (χ0) is 12.8. The van der Waals surface area contributed by atoms with E-state index in [1.807, 2.05) is 0 Å². The number of hydrogen-bond acceptors (Lipinski definition) is 4. The Morgan fingerprint density at radius 2 is 2.11 bits per heavy atom. The minimum absolute atomic E-state index is 0.457. The van der Waals surface area contributed by atoms with E-state index in [1.54, 1.807) is 7.11 Å². The lowest BCUT2D eigenvalue weighted by atomic mass is 10.0. The van der Waals surface area contributed by atoms with Gasteiger partial charge >= 0.3 is 0 Å². The molecule has 0 amide bonds. The lowest BCUT2D eigenvalue weighted by Gasteiger charge is -2.30. The molecule has 0 aromatic heterocycles. The Kier molecular flexibility index (Phi) is 5.73. The zero-order valence-corrected chi connectivity index (χ0v) is 12.7. The van der Waals surface area contributed by atoms with Gasteiger partial charge in [0.05, 0.1) is 7.11 Å². The summed E-state index contributed by atoms with van der Waals surface area (Å²) in [6.07, 6.45) is 0. The van der Waals surface area contributed by atoms with Crippen LogP contribution in [0.25, 0.3) is 0 Å². The Balaban J connectivity index is 2.11. The van der Waals surface area contributed by atoms with Gasteiger partial charge in [0.2, 0.25) is 0 Å². The maximum atomic E-state index is 5.22. The number of hydrogen-bond donors (Lipinski definition) is 1. The standard InChI is InChI=1S/C14H21NOS2/c1-3-15-14(13-10-17-8-9-18-13)11-4-6-12(16-2)7-5-11/h4-7,13-15H,3,8-10H2,1-2H3. The lowest BCUT2D eigenvalue weighted by molar-refractivity contribution is 0.414. The fourth-order valence-electron chi connectivity index (χ4n) is 2.19. The Morgan fingerprint density at radius 3 is 2.67 bits per heavy atom. The van der Waals surface area contributed by atoms with Crippen LogP contribution >= 0.6 is 23.5 Å². The summed E-state index contributed by atoms with van der Waals surface area (Å²) in [5, 5.41) is 4.31. The van der Waals surface area contributed by atoms with Gasteiger partial charge in [0.15, 0.2) is 0 Å². The maximum absolute atomic E-state index is 5.22. The second-order valence-corrected chi connectivity index (χ2v) is 6.79. The molecule has 0 spiro atoms. The molecule has 2 unspecified atom stereocenters.